The summed E-state index contributed by atoms with van der Waals surface area (Å²) in [6.07, 6.45) is 3.86. The predicted octanol–water partition coefficient (Wildman–Crippen LogP) is 2.66. The van der Waals surface area contributed by atoms with E-state index in [4.69, 9.17) is 11.6 Å². The van der Waals surface area contributed by atoms with Crippen LogP contribution in [-0.4, -0.2) is 46.7 Å². The van der Waals surface area contributed by atoms with Gasteiger partial charge < -0.3 is 10.2 Å². The first-order chi connectivity index (χ1) is 14.0. The zero-order valence-electron chi connectivity index (χ0n) is 16.5. The maximum absolute atomic E-state index is 12.9. The lowest BCUT2D eigenvalue weighted by molar-refractivity contribution is -0.132. The standard InChI is InChI=1S/C21H25ClN4O3/c1-14-18(25-29-24-14)11-19(27)26-10-2-3-15(13-26)12-23-20(28)21(8-9-21)16-4-6-17(22)7-5-16/h4-7,15H,2-3,8-13H2,1H3,(H,23,28). The van der Waals surface area contributed by atoms with Gasteiger partial charge in [0.15, 0.2) is 0 Å². The maximum Gasteiger partial charge on any atom is 0.230 e. The Labute approximate surface area is 174 Å². The highest BCUT2D eigenvalue weighted by atomic mass is 35.5. The SMILES string of the molecule is Cc1nonc1CC(=O)N1CCCC(CNC(=O)C2(c3ccc(Cl)cc3)CC2)C1. The number of carbonyl (C=O) groups excluding carboxylic acids is 2. The number of hydrogen-bond acceptors (Lipinski definition) is 5. The number of nitrogens with zero attached hydrogens (tertiary/aromatic N) is 3. The number of likely N-dealkylation sites (tertiary alicyclic amines) is 1. The van der Waals surface area contributed by atoms with E-state index >= 15 is 0 Å². The molecule has 2 fully saturated rings. The number of amides is 2. The smallest absolute Gasteiger partial charge is 0.230 e. The molecule has 0 spiro atoms. The van der Waals surface area contributed by atoms with E-state index in [0.29, 0.717) is 29.5 Å². The van der Waals surface area contributed by atoms with Gasteiger partial charge in [0.2, 0.25) is 11.8 Å². The van der Waals surface area contributed by atoms with Gasteiger partial charge in [0.05, 0.1) is 11.8 Å². The minimum absolute atomic E-state index is 0.0275. The zero-order valence-corrected chi connectivity index (χ0v) is 17.2. The van der Waals surface area contributed by atoms with Gasteiger partial charge in [0, 0.05) is 24.7 Å². The van der Waals surface area contributed by atoms with Crippen molar-refractivity contribution in [3.05, 3.63) is 46.2 Å². The molecule has 2 aromatic rings. The molecule has 2 aliphatic rings. The molecule has 1 saturated carbocycles. The Morgan fingerprint density at radius 2 is 2.03 bits per heavy atom. The van der Waals surface area contributed by atoms with Crippen LogP contribution in [0.3, 0.4) is 0 Å². The molecule has 1 aromatic carbocycles. The number of rotatable bonds is 6. The van der Waals surface area contributed by atoms with Crippen LogP contribution in [0, 0.1) is 12.8 Å². The average molecular weight is 417 g/mol. The molecule has 1 aromatic heterocycles. The number of piperidine rings is 1. The van der Waals surface area contributed by atoms with Crippen LogP contribution in [0.1, 0.15) is 42.6 Å². The highest BCUT2D eigenvalue weighted by molar-refractivity contribution is 6.30. The molecule has 1 aliphatic carbocycles. The summed E-state index contributed by atoms with van der Waals surface area (Å²) in [7, 11) is 0. The van der Waals surface area contributed by atoms with Gasteiger partial charge in [-0.2, -0.15) is 0 Å². The Morgan fingerprint density at radius 3 is 2.69 bits per heavy atom. The van der Waals surface area contributed by atoms with Gasteiger partial charge in [-0.3, -0.25) is 9.59 Å². The van der Waals surface area contributed by atoms with Crippen LogP contribution in [0.2, 0.25) is 5.02 Å². The lowest BCUT2D eigenvalue weighted by atomic mass is 9.93. The average Bonchev–Trinajstić information content (AvgIpc) is 3.45. The van der Waals surface area contributed by atoms with Gasteiger partial charge >= 0.3 is 0 Å². The van der Waals surface area contributed by atoms with E-state index in [1.54, 1.807) is 6.92 Å². The van der Waals surface area contributed by atoms with Gasteiger partial charge in [-0.15, -0.1) is 0 Å². The van der Waals surface area contributed by atoms with Crippen LogP contribution in [0.4, 0.5) is 0 Å². The summed E-state index contributed by atoms with van der Waals surface area (Å²) in [5.74, 6) is 0.362. The molecule has 8 heteroatoms. The van der Waals surface area contributed by atoms with Crippen LogP contribution >= 0.6 is 11.6 Å². The minimum Gasteiger partial charge on any atom is -0.355 e. The van der Waals surface area contributed by atoms with E-state index in [-0.39, 0.29) is 24.2 Å². The molecule has 1 unspecified atom stereocenters. The first-order valence-electron chi connectivity index (χ1n) is 10.1. The number of carbonyl (C=O) groups is 2. The fourth-order valence-corrected chi connectivity index (χ4v) is 4.20. The molecular weight excluding hydrogens is 392 g/mol. The molecular formula is C21H25ClN4O3. The predicted molar refractivity (Wildman–Crippen MR) is 107 cm³/mol. The van der Waals surface area contributed by atoms with Gasteiger partial charge in [-0.05, 0) is 56.2 Å². The van der Waals surface area contributed by atoms with Gasteiger partial charge in [-0.1, -0.05) is 34.0 Å². The largest absolute Gasteiger partial charge is 0.355 e. The van der Waals surface area contributed by atoms with Crippen LogP contribution in [0.5, 0.6) is 0 Å². The molecule has 0 radical (unpaired) electrons. The van der Waals surface area contributed by atoms with Gasteiger partial charge in [0.1, 0.15) is 11.4 Å². The van der Waals surface area contributed by atoms with Crippen molar-refractivity contribution < 1.29 is 14.2 Å². The van der Waals surface area contributed by atoms with Crippen molar-refractivity contribution in [2.75, 3.05) is 19.6 Å². The molecule has 0 bridgehead atoms. The summed E-state index contributed by atoms with van der Waals surface area (Å²) in [6, 6.07) is 7.55. The lowest BCUT2D eigenvalue weighted by Crippen LogP contribution is -2.45. The van der Waals surface area contributed by atoms with Crippen LogP contribution in [0.15, 0.2) is 28.9 Å². The Hall–Kier alpha value is -2.41. The number of halogens is 1. The summed E-state index contributed by atoms with van der Waals surface area (Å²) >= 11 is 5.97. The third kappa shape index (κ3) is 4.29. The molecule has 1 N–H and O–H groups in total. The summed E-state index contributed by atoms with van der Waals surface area (Å²) in [5.41, 5.74) is 1.85. The van der Waals surface area contributed by atoms with Crippen molar-refractivity contribution in [2.24, 2.45) is 5.92 Å². The second-order valence-corrected chi connectivity index (χ2v) is 8.56. The lowest BCUT2D eigenvalue weighted by Gasteiger charge is -2.33. The van der Waals surface area contributed by atoms with Gasteiger partial charge in [-0.25, -0.2) is 4.63 Å². The normalized spacial score (nSPS) is 20.3. The van der Waals surface area contributed by atoms with E-state index in [2.05, 4.69) is 20.3 Å². The molecule has 1 atom stereocenters. The van der Waals surface area contributed by atoms with Crippen molar-refractivity contribution in [2.45, 2.75) is 44.4 Å². The monoisotopic (exact) mass is 416 g/mol. The molecule has 1 saturated heterocycles. The number of hydrogen-bond donors (Lipinski definition) is 1. The molecule has 29 heavy (non-hydrogen) atoms. The summed E-state index contributed by atoms with van der Waals surface area (Å²) in [5, 5.41) is 11.3. The molecule has 2 amide bonds. The molecule has 1 aliphatic heterocycles. The van der Waals surface area contributed by atoms with Crippen molar-refractivity contribution in [3.63, 3.8) is 0 Å². The number of nitrogens with one attached hydrogen (secondary N) is 1. The second kappa shape index (κ2) is 8.14. The Bertz CT molecular complexity index is 892. The fraction of sp³-hybridized carbons (Fsp3) is 0.524. The molecule has 154 valence electrons. The van der Waals surface area contributed by atoms with Crippen molar-refractivity contribution in [3.8, 4) is 0 Å². The highest BCUT2D eigenvalue weighted by Gasteiger charge is 2.51. The van der Waals surface area contributed by atoms with Crippen molar-refractivity contribution >= 4 is 23.4 Å². The van der Waals surface area contributed by atoms with E-state index in [0.717, 1.165) is 37.8 Å². The van der Waals surface area contributed by atoms with E-state index in [1.807, 2.05) is 29.2 Å². The van der Waals surface area contributed by atoms with Crippen molar-refractivity contribution in [1.29, 1.82) is 0 Å². The van der Waals surface area contributed by atoms with Crippen molar-refractivity contribution in [1.82, 2.24) is 20.5 Å². The van der Waals surface area contributed by atoms with Gasteiger partial charge in [0.25, 0.3) is 0 Å². The van der Waals surface area contributed by atoms with E-state index < -0.39 is 5.41 Å². The number of benzene rings is 1. The Balaban J connectivity index is 1.30. The second-order valence-electron chi connectivity index (χ2n) is 8.12. The molecule has 7 nitrogen and oxygen atoms in total. The number of aromatic nitrogens is 2. The topological polar surface area (TPSA) is 88.3 Å². The molecule has 4 rings (SSSR count). The first kappa shape index (κ1) is 19.9. The summed E-state index contributed by atoms with van der Waals surface area (Å²) in [6.45, 7) is 3.75. The summed E-state index contributed by atoms with van der Waals surface area (Å²) < 4.78 is 4.67. The quantitative estimate of drug-likeness (QED) is 0.782. The zero-order chi connectivity index (χ0) is 20.4. The third-order valence-corrected chi connectivity index (χ3v) is 6.32. The third-order valence-electron chi connectivity index (χ3n) is 6.07. The fourth-order valence-electron chi connectivity index (χ4n) is 4.07. The Morgan fingerprint density at radius 1 is 1.28 bits per heavy atom. The number of aryl methyl sites for hydroxylation is 1. The molecule has 2 heterocycles. The first-order valence-corrected chi connectivity index (χ1v) is 10.5. The summed E-state index contributed by atoms with van der Waals surface area (Å²) in [4.78, 5) is 27.3. The minimum atomic E-state index is -0.410. The van der Waals surface area contributed by atoms with Crippen LogP contribution in [-0.2, 0) is 21.4 Å². The highest BCUT2D eigenvalue weighted by Crippen LogP contribution is 2.48. The maximum atomic E-state index is 12.9. The van der Waals surface area contributed by atoms with E-state index in [1.165, 1.54) is 0 Å². The van der Waals surface area contributed by atoms with E-state index in [9.17, 15) is 9.59 Å². The van der Waals surface area contributed by atoms with Crippen LogP contribution in [0.25, 0.3) is 0 Å². The van der Waals surface area contributed by atoms with Crippen LogP contribution < -0.4 is 5.32 Å². The Kier molecular flexibility index (Phi) is 5.58.